The Morgan fingerprint density at radius 2 is 1.97 bits per heavy atom. The molecular formula is C24H39N3O3. The smallest absolute Gasteiger partial charge is 0.410 e. The molecule has 0 saturated carbocycles. The minimum atomic E-state index is -0.505. The maximum Gasteiger partial charge on any atom is 0.410 e. The summed E-state index contributed by atoms with van der Waals surface area (Å²) >= 11 is 0. The van der Waals surface area contributed by atoms with E-state index in [-0.39, 0.29) is 18.0 Å². The summed E-state index contributed by atoms with van der Waals surface area (Å²) in [6, 6.07) is 6.03. The van der Waals surface area contributed by atoms with Gasteiger partial charge in [-0.05, 0) is 91.0 Å². The minimum Gasteiger partial charge on any atom is -0.444 e. The van der Waals surface area contributed by atoms with Crippen molar-refractivity contribution in [1.29, 1.82) is 0 Å². The molecule has 1 heterocycles. The van der Waals surface area contributed by atoms with Crippen molar-refractivity contribution in [1.82, 2.24) is 9.80 Å². The second kappa shape index (κ2) is 10.3. The molecule has 0 aliphatic carbocycles. The third kappa shape index (κ3) is 7.31. The summed E-state index contributed by atoms with van der Waals surface area (Å²) in [5.41, 5.74) is 2.65. The molecule has 1 fully saturated rings. The maximum absolute atomic E-state index is 12.6. The zero-order chi connectivity index (χ0) is 22.5. The van der Waals surface area contributed by atoms with Gasteiger partial charge >= 0.3 is 6.09 Å². The van der Waals surface area contributed by atoms with Crippen LogP contribution >= 0.6 is 0 Å². The highest BCUT2D eigenvalue weighted by Gasteiger charge is 2.29. The number of hydrogen-bond donors (Lipinski definition) is 1. The summed E-state index contributed by atoms with van der Waals surface area (Å²) in [6.07, 6.45) is 1.82. The van der Waals surface area contributed by atoms with Crippen molar-refractivity contribution in [2.75, 3.05) is 31.5 Å². The zero-order valence-corrected chi connectivity index (χ0v) is 19.7. The van der Waals surface area contributed by atoms with Gasteiger partial charge in [0.2, 0.25) is 5.91 Å². The van der Waals surface area contributed by atoms with Gasteiger partial charge in [0.25, 0.3) is 0 Å². The number of ether oxygens (including phenoxy) is 1. The fourth-order valence-electron chi connectivity index (χ4n) is 3.82. The van der Waals surface area contributed by atoms with E-state index < -0.39 is 5.60 Å². The van der Waals surface area contributed by atoms with Crippen molar-refractivity contribution >= 4 is 17.7 Å². The van der Waals surface area contributed by atoms with E-state index in [0.29, 0.717) is 19.0 Å². The zero-order valence-electron chi connectivity index (χ0n) is 19.7. The normalized spacial score (nSPS) is 17.7. The molecule has 0 spiro atoms. The molecule has 0 aromatic heterocycles. The fraction of sp³-hybridized carbons (Fsp3) is 0.667. The Labute approximate surface area is 182 Å². The van der Waals surface area contributed by atoms with Crippen LogP contribution in [-0.4, -0.2) is 59.6 Å². The van der Waals surface area contributed by atoms with Crippen LogP contribution in [0.3, 0.4) is 0 Å². The molecule has 1 saturated heterocycles. The minimum absolute atomic E-state index is 0.0113. The van der Waals surface area contributed by atoms with Gasteiger partial charge in [0.1, 0.15) is 5.60 Å². The fourth-order valence-corrected chi connectivity index (χ4v) is 3.82. The quantitative estimate of drug-likeness (QED) is 0.735. The molecule has 1 atom stereocenters. The Morgan fingerprint density at radius 1 is 1.27 bits per heavy atom. The lowest BCUT2D eigenvalue weighted by molar-refractivity contribution is -0.117. The van der Waals surface area contributed by atoms with Gasteiger partial charge in [-0.15, -0.1) is 0 Å². The topological polar surface area (TPSA) is 61.9 Å². The van der Waals surface area contributed by atoms with E-state index in [9.17, 15) is 9.59 Å². The van der Waals surface area contributed by atoms with Crippen molar-refractivity contribution < 1.29 is 14.3 Å². The first-order valence-electron chi connectivity index (χ1n) is 11.0. The molecular weight excluding hydrogens is 378 g/mol. The van der Waals surface area contributed by atoms with E-state index in [2.05, 4.69) is 10.2 Å². The van der Waals surface area contributed by atoms with Gasteiger partial charge < -0.3 is 15.0 Å². The molecule has 1 aliphatic rings. The van der Waals surface area contributed by atoms with E-state index in [1.54, 1.807) is 0 Å². The lowest BCUT2D eigenvalue weighted by atomic mass is 9.97. The maximum atomic E-state index is 12.6. The van der Waals surface area contributed by atoms with E-state index in [1.807, 2.05) is 71.6 Å². The van der Waals surface area contributed by atoms with Crippen molar-refractivity contribution in [2.24, 2.45) is 5.92 Å². The molecule has 1 aromatic rings. The van der Waals surface area contributed by atoms with Crippen LogP contribution in [0.1, 0.15) is 58.6 Å². The number of aryl methyl sites for hydroxylation is 1. The van der Waals surface area contributed by atoms with Crippen molar-refractivity contribution in [3.63, 3.8) is 0 Å². The summed E-state index contributed by atoms with van der Waals surface area (Å²) in [6.45, 7) is 16.5. The van der Waals surface area contributed by atoms with Crippen molar-refractivity contribution in [3.8, 4) is 0 Å². The first-order valence-corrected chi connectivity index (χ1v) is 11.0. The second-order valence-corrected chi connectivity index (χ2v) is 9.77. The average molecular weight is 418 g/mol. The van der Waals surface area contributed by atoms with Crippen LogP contribution in [0.4, 0.5) is 10.5 Å². The standard InChI is InChI=1S/C24H39N3O3/c1-17(2)27(23(29)30-24(5,6)7)15-20-11-9-13-26(14-20)16-22(28)25-21-12-8-10-18(3)19(21)4/h8,10,12,17,20H,9,11,13-16H2,1-7H3,(H,25,28). The Kier molecular flexibility index (Phi) is 8.30. The molecule has 1 aromatic carbocycles. The van der Waals surface area contributed by atoms with Gasteiger partial charge in [0.15, 0.2) is 0 Å². The highest BCUT2D eigenvalue weighted by atomic mass is 16.6. The Balaban J connectivity index is 1.93. The molecule has 6 heteroatoms. The van der Waals surface area contributed by atoms with Crippen LogP contribution in [0.25, 0.3) is 0 Å². The number of amides is 2. The Morgan fingerprint density at radius 3 is 2.60 bits per heavy atom. The Hall–Kier alpha value is -2.08. The number of rotatable bonds is 6. The number of carbonyl (C=O) groups is 2. The van der Waals surface area contributed by atoms with Crippen LogP contribution in [0.5, 0.6) is 0 Å². The van der Waals surface area contributed by atoms with Gasteiger partial charge in [-0.1, -0.05) is 12.1 Å². The van der Waals surface area contributed by atoms with Crippen LogP contribution in [-0.2, 0) is 9.53 Å². The predicted octanol–water partition coefficient (Wildman–Crippen LogP) is 4.60. The highest BCUT2D eigenvalue weighted by molar-refractivity contribution is 5.93. The number of hydrogen-bond acceptors (Lipinski definition) is 4. The molecule has 1 aliphatic heterocycles. The van der Waals surface area contributed by atoms with E-state index >= 15 is 0 Å². The molecule has 0 radical (unpaired) electrons. The number of nitrogens with one attached hydrogen (secondary N) is 1. The summed E-state index contributed by atoms with van der Waals surface area (Å²) in [5.74, 6) is 0.347. The lowest BCUT2D eigenvalue weighted by Gasteiger charge is -2.37. The summed E-state index contributed by atoms with van der Waals surface area (Å²) in [5, 5.41) is 3.05. The third-order valence-corrected chi connectivity index (χ3v) is 5.56. The SMILES string of the molecule is Cc1cccc(NC(=O)CN2CCCC(CN(C(=O)OC(C)(C)C)C(C)C)C2)c1C. The largest absolute Gasteiger partial charge is 0.444 e. The second-order valence-electron chi connectivity index (χ2n) is 9.77. The molecule has 2 amide bonds. The first-order chi connectivity index (χ1) is 14.0. The van der Waals surface area contributed by atoms with Gasteiger partial charge in [0, 0.05) is 24.8 Å². The number of carbonyl (C=O) groups excluding carboxylic acids is 2. The predicted molar refractivity (Wildman–Crippen MR) is 122 cm³/mol. The van der Waals surface area contributed by atoms with E-state index in [4.69, 9.17) is 4.74 Å². The van der Waals surface area contributed by atoms with Crippen LogP contribution < -0.4 is 5.32 Å². The average Bonchev–Trinajstić information content (AvgIpc) is 2.62. The van der Waals surface area contributed by atoms with Crippen molar-refractivity contribution in [3.05, 3.63) is 29.3 Å². The van der Waals surface area contributed by atoms with E-state index in [1.165, 1.54) is 5.56 Å². The monoisotopic (exact) mass is 417 g/mol. The lowest BCUT2D eigenvalue weighted by Crippen LogP contribution is -2.48. The first kappa shape index (κ1) is 24.2. The third-order valence-electron chi connectivity index (χ3n) is 5.56. The molecule has 30 heavy (non-hydrogen) atoms. The molecule has 168 valence electrons. The number of piperidine rings is 1. The number of benzene rings is 1. The van der Waals surface area contributed by atoms with Gasteiger partial charge in [-0.25, -0.2) is 4.79 Å². The summed E-state index contributed by atoms with van der Waals surface area (Å²) in [7, 11) is 0. The summed E-state index contributed by atoms with van der Waals surface area (Å²) in [4.78, 5) is 29.2. The van der Waals surface area contributed by atoms with Gasteiger partial charge in [-0.3, -0.25) is 9.69 Å². The van der Waals surface area contributed by atoms with Crippen LogP contribution in [0.15, 0.2) is 18.2 Å². The molecule has 0 bridgehead atoms. The number of likely N-dealkylation sites (tertiary alicyclic amines) is 1. The Bertz CT molecular complexity index is 740. The molecule has 2 rings (SSSR count). The van der Waals surface area contributed by atoms with E-state index in [0.717, 1.165) is 37.2 Å². The van der Waals surface area contributed by atoms with Crippen molar-refractivity contribution in [2.45, 2.75) is 73.0 Å². The van der Waals surface area contributed by atoms with Crippen LogP contribution in [0, 0.1) is 19.8 Å². The molecule has 6 nitrogen and oxygen atoms in total. The number of nitrogens with zero attached hydrogens (tertiary/aromatic N) is 2. The highest BCUT2D eigenvalue weighted by Crippen LogP contribution is 2.21. The van der Waals surface area contributed by atoms with Gasteiger partial charge in [0.05, 0.1) is 6.54 Å². The number of anilines is 1. The van der Waals surface area contributed by atoms with Gasteiger partial charge in [-0.2, -0.15) is 0 Å². The molecule has 1 unspecified atom stereocenters. The summed E-state index contributed by atoms with van der Waals surface area (Å²) < 4.78 is 5.59. The van der Waals surface area contributed by atoms with Crippen LogP contribution in [0.2, 0.25) is 0 Å². The molecule has 1 N–H and O–H groups in total.